The molecule has 0 aliphatic carbocycles. The highest BCUT2D eigenvalue weighted by molar-refractivity contribution is 8.09. The normalized spacial score (nSPS) is 23.7. The van der Waals surface area contributed by atoms with Crippen LogP contribution in [0.25, 0.3) is 0 Å². The molecule has 2 rings (SSSR count). The quantitative estimate of drug-likeness (QED) is 0.696. The third-order valence-electron chi connectivity index (χ3n) is 3.97. The molecule has 1 heterocycles. The number of hydrogen-bond acceptors (Lipinski definition) is 1. The average Bonchev–Trinajstić information content (AvgIpc) is 2.26. The molecule has 1 aliphatic rings. The first-order valence-electron chi connectivity index (χ1n) is 5.95. The van der Waals surface area contributed by atoms with E-state index in [1.54, 1.807) is 0 Å². The minimum atomic E-state index is -2.50. The van der Waals surface area contributed by atoms with Gasteiger partial charge in [-0.3, -0.25) is 0 Å². The van der Waals surface area contributed by atoms with Crippen LogP contribution in [0.4, 0.5) is 0 Å². The summed E-state index contributed by atoms with van der Waals surface area (Å²) in [7, 11) is -2.50. The van der Waals surface area contributed by atoms with Crippen LogP contribution < -0.4 is 10.6 Å². The van der Waals surface area contributed by atoms with Gasteiger partial charge in [0.2, 0.25) is 0 Å². The van der Waals surface area contributed by atoms with Crippen LogP contribution in [0.3, 0.4) is 0 Å². The third kappa shape index (κ3) is 1.90. The summed E-state index contributed by atoms with van der Waals surface area (Å²) in [5, 5.41) is 1.43. The first-order valence-corrected chi connectivity index (χ1v) is 10.8. The van der Waals surface area contributed by atoms with Crippen LogP contribution in [-0.4, -0.2) is 10.3 Å². The van der Waals surface area contributed by atoms with Crippen molar-refractivity contribution in [2.24, 2.45) is 0 Å². The minimum Gasteiger partial charge on any atom is -0.317 e. The number of rotatable bonds is 2. The number of hydrogen-bond donors (Lipinski definition) is 0. The van der Waals surface area contributed by atoms with Crippen molar-refractivity contribution in [2.45, 2.75) is 44.4 Å². The Labute approximate surface area is 120 Å². The molecule has 0 amide bonds. The summed E-state index contributed by atoms with van der Waals surface area (Å²) in [5.74, 6) is 0. The number of benzene rings is 1. The maximum Gasteiger partial charge on any atom is 0.126 e. The monoisotopic (exact) mass is 322 g/mol. The Morgan fingerprint density at radius 1 is 1.11 bits per heavy atom. The van der Waals surface area contributed by atoms with Crippen LogP contribution in [-0.2, 0) is 4.57 Å². The van der Waals surface area contributed by atoms with E-state index in [-0.39, 0.29) is 10.3 Å². The van der Waals surface area contributed by atoms with Gasteiger partial charge in [-0.15, -0.1) is 0 Å². The molecular weight excluding hydrogens is 305 g/mol. The van der Waals surface area contributed by atoms with Crippen LogP contribution in [0, 0.1) is 0 Å². The molecule has 0 saturated carbocycles. The summed E-state index contributed by atoms with van der Waals surface area (Å²) in [6.07, 6.45) is 0.966. The van der Waals surface area contributed by atoms with Crippen LogP contribution in [0.5, 0.6) is 0 Å². The lowest BCUT2D eigenvalue weighted by atomic mass is 9.96. The predicted molar refractivity (Wildman–Crippen MR) is 84.7 cm³/mol. The van der Waals surface area contributed by atoms with Gasteiger partial charge in [0.05, 0.1) is 0 Å². The van der Waals surface area contributed by atoms with Crippen molar-refractivity contribution >= 4 is 46.9 Å². The lowest BCUT2D eigenvalue weighted by molar-refractivity contribution is 0.394. The smallest absolute Gasteiger partial charge is 0.126 e. The molecule has 0 spiro atoms. The summed E-state index contributed by atoms with van der Waals surface area (Å²) < 4.78 is 13.6. The van der Waals surface area contributed by atoms with Crippen molar-refractivity contribution in [1.29, 1.82) is 0 Å². The van der Waals surface area contributed by atoms with Gasteiger partial charge in [0.1, 0.15) is 13.8 Å². The maximum atomic E-state index is 13.6. The van der Waals surface area contributed by atoms with E-state index >= 15 is 0 Å². The molecule has 0 N–H and O–H groups in total. The summed E-state index contributed by atoms with van der Waals surface area (Å²) >= 11 is 12.2. The Hall–Kier alpha value is 0.460. The van der Waals surface area contributed by atoms with Crippen molar-refractivity contribution in [1.82, 2.24) is 0 Å². The van der Waals surface area contributed by atoms with Gasteiger partial charge in [-0.05, 0) is 6.42 Å². The van der Waals surface area contributed by atoms with Gasteiger partial charge in [0, 0.05) is 20.9 Å². The Kier molecular flexibility index (Phi) is 3.71. The molecule has 1 fully saturated rings. The van der Waals surface area contributed by atoms with Crippen molar-refractivity contribution in [2.75, 3.05) is 0 Å². The van der Waals surface area contributed by atoms with E-state index in [1.165, 1.54) is 0 Å². The second-order valence-corrected chi connectivity index (χ2v) is 13.7. The summed E-state index contributed by atoms with van der Waals surface area (Å²) in [4.78, 5) is 0. The molecule has 0 radical (unpaired) electrons. The zero-order valence-electron chi connectivity index (χ0n) is 11.1. The number of halogens is 2. The zero-order valence-corrected chi connectivity index (χ0v) is 14.4. The van der Waals surface area contributed by atoms with Gasteiger partial charge in [-0.1, -0.05) is 74.4 Å². The third-order valence-corrected chi connectivity index (χ3v) is 10.8. The van der Waals surface area contributed by atoms with Gasteiger partial charge in [0.15, 0.2) is 0 Å². The van der Waals surface area contributed by atoms with Crippen LogP contribution in [0.1, 0.15) is 34.1 Å². The molecule has 0 atom stereocenters. The lowest BCUT2D eigenvalue weighted by Gasteiger charge is -2.57. The van der Waals surface area contributed by atoms with E-state index in [4.69, 9.17) is 22.5 Å². The highest BCUT2D eigenvalue weighted by Gasteiger charge is 2.63. The summed E-state index contributed by atoms with van der Waals surface area (Å²) in [6.45, 7) is 7.07. The first-order chi connectivity index (χ1) is 8.13. The molecule has 1 nitrogen and oxygen atoms in total. The van der Waals surface area contributed by atoms with Crippen molar-refractivity contribution in [3.05, 3.63) is 24.3 Å². The molecule has 18 heavy (non-hydrogen) atoms. The molecule has 1 aromatic carbocycles. The standard InChI is InChI=1S/C13H18Cl2OP2/c1-12(2)9-13(3,4)18(12,16)11-8-6-5-7-10(11)17(14)15/h5-8H,9H2,1-4H3. The first kappa shape index (κ1) is 14.9. The van der Waals surface area contributed by atoms with Crippen molar-refractivity contribution < 1.29 is 4.57 Å². The van der Waals surface area contributed by atoms with Crippen LogP contribution >= 0.6 is 36.3 Å². The van der Waals surface area contributed by atoms with Crippen LogP contribution in [0.2, 0.25) is 0 Å². The van der Waals surface area contributed by atoms with Crippen molar-refractivity contribution in [3.8, 4) is 0 Å². The Morgan fingerprint density at radius 2 is 1.61 bits per heavy atom. The van der Waals surface area contributed by atoms with E-state index in [2.05, 4.69) is 27.7 Å². The van der Waals surface area contributed by atoms with Gasteiger partial charge in [0.25, 0.3) is 0 Å². The topological polar surface area (TPSA) is 17.1 Å². The van der Waals surface area contributed by atoms with Gasteiger partial charge in [-0.2, -0.15) is 0 Å². The van der Waals surface area contributed by atoms with E-state index in [0.29, 0.717) is 0 Å². The average molecular weight is 323 g/mol. The predicted octanol–water partition coefficient (Wildman–Crippen LogP) is 5.05. The summed E-state index contributed by atoms with van der Waals surface area (Å²) in [6, 6.07) is 7.68. The van der Waals surface area contributed by atoms with E-state index < -0.39 is 13.8 Å². The highest BCUT2D eigenvalue weighted by Crippen LogP contribution is 2.78. The fraction of sp³-hybridized carbons (Fsp3) is 0.538. The molecule has 0 unspecified atom stereocenters. The second kappa shape index (κ2) is 4.49. The molecule has 0 aromatic heterocycles. The van der Waals surface area contributed by atoms with E-state index in [1.807, 2.05) is 24.3 Å². The van der Waals surface area contributed by atoms with E-state index in [0.717, 1.165) is 17.0 Å². The Bertz CT molecular complexity index is 505. The Morgan fingerprint density at radius 3 is 2.06 bits per heavy atom. The van der Waals surface area contributed by atoms with E-state index in [9.17, 15) is 4.57 Å². The minimum absolute atomic E-state index is 0.161. The van der Waals surface area contributed by atoms with Gasteiger partial charge >= 0.3 is 0 Å². The van der Waals surface area contributed by atoms with Crippen LogP contribution in [0.15, 0.2) is 24.3 Å². The zero-order chi connectivity index (χ0) is 13.8. The molecule has 1 aromatic rings. The molecule has 100 valence electrons. The largest absolute Gasteiger partial charge is 0.317 e. The molecular formula is C13H18Cl2OP2. The molecule has 5 heteroatoms. The summed E-state index contributed by atoms with van der Waals surface area (Å²) in [5.41, 5.74) is 0. The molecule has 1 aliphatic heterocycles. The SMILES string of the molecule is CC1(C)CC(C)(C)P1(=O)c1ccccc1P(Cl)Cl. The molecule has 0 bridgehead atoms. The van der Waals surface area contributed by atoms with Gasteiger partial charge in [-0.25, -0.2) is 0 Å². The van der Waals surface area contributed by atoms with Crippen molar-refractivity contribution in [3.63, 3.8) is 0 Å². The Balaban J connectivity index is 2.65. The van der Waals surface area contributed by atoms with Gasteiger partial charge < -0.3 is 4.57 Å². The fourth-order valence-electron chi connectivity index (χ4n) is 3.53. The highest BCUT2D eigenvalue weighted by atomic mass is 35.9. The maximum absolute atomic E-state index is 13.6. The second-order valence-electron chi connectivity index (χ2n) is 6.13. The molecule has 1 saturated heterocycles. The lowest BCUT2D eigenvalue weighted by Crippen LogP contribution is -2.54. The fourth-order valence-corrected chi connectivity index (χ4v) is 10.5.